The van der Waals surface area contributed by atoms with Gasteiger partial charge in [0.1, 0.15) is 0 Å². The van der Waals surface area contributed by atoms with Gasteiger partial charge in [-0.1, -0.05) is 12.2 Å². The lowest BCUT2D eigenvalue weighted by molar-refractivity contribution is 0.235. The van der Waals surface area contributed by atoms with E-state index in [1.54, 1.807) is 6.33 Å². The number of fused-ring (bicyclic) bond motifs is 1. The summed E-state index contributed by atoms with van der Waals surface area (Å²) in [5.41, 5.74) is 6.04. The van der Waals surface area contributed by atoms with Crippen LogP contribution in [0.25, 0.3) is 11.2 Å². The molecule has 19 heavy (non-hydrogen) atoms. The van der Waals surface area contributed by atoms with Crippen LogP contribution in [0, 0.1) is 5.92 Å². The highest BCUT2D eigenvalue weighted by atomic mass is 16.3. The lowest BCUT2D eigenvalue weighted by Crippen LogP contribution is -2.17. The van der Waals surface area contributed by atoms with Crippen molar-refractivity contribution < 1.29 is 5.11 Å². The van der Waals surface area contributed by atoms with E-state index in [4.69, 9.17) is 10.8 Å². The fourth-order valence-electron chi connectivity index (χ4n) is 2.43. The first-order valence-electron chi connectivity index (χ1n) is 6.20. The number of nitrogen functional groups attached to an aromatic ring is 1. The lowest BCUT2D eigenvalue weighted by atomic mass is 9.93. The predicted molar refractivity (Wildman–Crippen MR) is 70.5 cm³/mol. The molecule has 0 saturated heterocycles. The second-order valence-electron chi connectivity index (χ2n) is 4.75. The summed E-state index contributed by atoms with van der Waals surface area (Å²) in [6.07, 6.45) is 7.40. The van der Waals surface area contributed by atoms with Crippen LogP contribution >= 0.6 is 0 Å². The van der Waals surface area contributed by atoms with Crippen molar-refractivity contribution in [1.29, 1.82) is 0 Å². The Morgan fingerprint density at radius 3 is 3.00 bits per heavy atom. The highest BCUT2D eigenvalue weighted by molar-refractivity contribution is 5.70. The minimum atomic E-state index is -0.325. The molecule has 2 aromatic rings. The van der Waals surface area contributed by atoms with Crippen molar-refractivity contribution in [3.8, 4) is 0 Å². The van der Waals surface area contributed by atoms with Crippen molar-refractivity contribution >= 4 is 17.1 Å². The third-order valence-electron chi connectivity index (χ3n) is 3.48. The van der Waals surface area contributed by atoms with Gasteiger partial charge in [-0.25, -0.2) is 4.98 Å². The zero-order valence-corrected chi connectivity index (χ0v) is 10.3. The SMILES string of the molecule is Nc1nc2c(ncn2C2C=CC(CO)CC2)c(=O)[nH]1. The first-order chi connectivity index (χ1) is 9.19. The van der Waals surface area contributed by atoms with E-state index in [1.807, 2.05) is 16.7 Å². The number of imidazole rings is 1. The summed E-state index contributed by atoms with van der Waals surface area (Å²) in [5, 5.41) is 9.11. The number of hydrogen-bond donors (Lipinski definition) is 3. The topological polar surface area (TPSA) is 110 Å². The fraction of sp³-hybridized carbons (Fsp3) is 0.417. The van der Waals surface area contributed by atoms with Crippen LogP contribution in [0.1, 0.15) is 18.9 Å². The fourth-order valence-corrected chi connectivity index (χ4v) is 2.43. The summed E-state index contributed by atoms with van der Waals surface area (Å²) in [6.45, 7) is 0.165. The van der Waals surface area contributed by atoms with E-state index in [9.17, 15) is 4.79 Å². The number of rotatable bonds is 2. The number of hydrogen-bond acceptors (Lipinski definition) is 5. The Bertz CT molecular complexity index is 687. The lowest BCUT2D eigenvalue weighted by Gasteiger charge is -2.22. The minimum absolute atomic E-state index is 0.0901. The van der Waals surface area contributed by atoms with Gasteiger partial charge in [0.25, 0.3) is 5.56 Å². The Balaban J connectivity index is 2.05. The number of nitrogens with two attached hydrogens (primary N) is 1. The van der Waals surface area contributed by atoms with Gasteiger partial charge in [0.15, 0.2) is 11.2 Å². The summed E-state index contributed by atoms with van der Waals surface area (Å²) >= 11 is 0. The molecule has 7 nitrogen and oxygen atoms in total. The van der Waals surface area contributed by atoms with Crippen LogP contribution in [0.4, 0.5) is 5.95 Å². The van der Waals surface area contributed by atoms with Gasteiger partial charge >= 0.3 is 0 Å². The minimum Gasteiger partial charge on any atom is -0.396 e. The molecular weight excluding hydrogens is 246 g/mol. The molecule has 1 aliphatic carbocycles. The van der Waals surface area contributed by atoms with E-state index >= 15 is 0 Å². The van der Waals surface area contributed by atoms with Gasteiger partial charge in [0.2, 0.25) is 5.95 Å². The molecule has 7 heteroatoms. The number of H-pyrrole nitrogens is 1. The number of nitrogens with zero attached hydrogens (tertiary/aromatic N) is 3. The third-order valence-corrected chi connectivity index (χ3v) is 3.48. The van der Waals surface area contributed by atoms with Gasteiger partial charge in [0, 0.05) is 12.5 Å². The Kier molecular flexibility index (Phi) is 2.83. The van der Waals surface area contributed by atoms with Crippen LogP contribution in [-0.2, 0) is 0 Å². The number of anilines is 1. The quantitative estimate of drug-likeness (QED) is 0.669. The zero-order valence-electron chi connectivity index (χ0n) is 10.3. The summed E-state index contributed by atoms with van der Waals surface area (Å²) in [4.78, 5) is 22.4. The highest BCUT2D eigenvalue weighted by Gasteiger charge is 2.19. The largest absolute Gasteiger partial charge is 0.396 e. The van der Waals surface area contributed by atoms with Crippen LogP contribution in [0.2, 0.25) is 0 Å². The Hall–Kier alpha value is -2.15. The number of aromatic nitrogens is 4. The van der Waals surface area contributed by atoms with Crippen molar-refractivity contribution in [2.75, 3.05) is 12.3 Å². The highest BCUT2D eigenvalue weighted by Crippen LogP contribution is 2.27. The molecule has 2 unspecified atom stereocenters. The maximum atomic E-state index is 11.7. The van der Waals surface area contributed by atoms with Gasteiger partial charge in [-0.2, -0.15) is 4.98 Å². The Morgan fingerprint density at radius 2 is 2.32 bits per heavy atom. The number of nitrogens with one attached hydrogen (secondary N) is 1. The van der Waals surface area contributed by atoms with Crippen molar-refractivity contribution in [2.45, 2.75) is 18.9 Å². The second kappa shape index (κ2) is 4.51. The maximum Gasteiger partial charge on any atom is 0.280 e. The number of allylic oxidation sites excluding steroid dienone is 1. The second-order valence-corrected chi connectivity index (χ2v) is 4.75. The monoisotopic (exact) mass is 261 g/mol. The van der Waals surface area contributed by atoms with Gasteiger partial charge in [-0.05, 0) is 12.8 Å². The standard InChI is InChI=1S/C12H15N5O2/c13-12-15-10-9(11(19)16-12)14-6-17(10)8-3-1-7(5-18)2-4-8/h1,3,6-8,18H,2,4-5H2,(H3,13,15,16,19). The first kappa shape index (κ1) is 11.9. The number of aliphatic hydroxyl groups excluding tert-OH is 1. The van der Waals surface area contributed by atoms with Gasteiger partial charge in [-0.15, -0.1) is 0 Å². The van der Waals surface area contributed by atoms with E-state index in [-0.39, 0.29) is 30.1 Å². The molecular formula is C12H15N5O2. The Morgan fingerprint density at radius 1 is 1.47 bits per heavy atom. The average Bonchev–Trinajstić information content (AvgIpc) is 2.83. The molecule has 0 spiro atoms. The molecule has 100 valence electrons. The molecule has 3 rings (SSSR count). The molecule has 0 radical (unpaired) electrons. The smallest absolute Gasteiger partial charge is 0.280 e. The van der Waals surface area contributed by atoms with Crippen LogP contribution in [0.15, 0.2) is 23.3 Å². The predicted octanol–water partition coefficient (Wildman–Crippen LogP) is 0.201. The van der Waals surface area contributed by atoms with Crippen LogP contribution in [0.5, 0.6) is 0 Å². The summed E-state index contributed by atoms with van der Waals surface area (Å²) < 4.78 is 1.85. The van der Waals surface area contributed by atoms with E-state index in [0.29, 0.717) is 11.2 Å². The molecule has 0 amide bonds. The Labute approximate surface area is 108 Å². The normalized spacial score (nSPS) is 23.0. The molecule has 2 heterocycles. The summed E-state index contributed by atoms with van der Waals surface area (Å²) in [5.74, 6) is 0.305. The number of aromatic amines is 1. The van der Waals surface area contributed by atoms with Crippen LogP contribution in [-0.4, -0.2) is 31.2 Å². The maximum absolute atomic E-state index is 11.7. The molecule has 2 aromatic heterocycles. The molecule has 0 saturated carbocycles. The molecule has 4 N–H and O–H groups in total. The van der Waals surface area contributed by atoms with Crippen molar-refractivity contribution in [3.63, 3.8) is 0 Å². The summed E-state index contributed by atoms with van der Waals surface area (Å²) in [6, 6.07) is 0.0986. The molecule has 0 bridgehead atoms. The van der Waals surface area contributed by atoms with Crippen molar-refractivity contribution in [2.24, 2.45) is 5.92 Å². The molecule has 0 fully saturated rings. The van der Waals surface area contributed by atoms with Crippen molar-refractivity contribution in [3.05, 3.63) is 28.8 Å². The van der Waals surface area contributed by atoms with Crippen LogP contribution < -0.4 is 11.3 Å². The molecule has 1 aliphatic rings. The van der Waals surface area contributed by atoms with Gasteiger partial charge < -0.3 is 15.4 Å². The van der Waals surface area contributed by atoms with Crippen LogP contribution in [0.3, 0.4) is 0 Å². The third kappa shape index (κ3) is 2.01. The van der Waals surface area contributed by atoms with E-state index in [0.717, 1.165) is 12.8 Å². The van der Waals surface area contributed by atoms with Gasteiger partial charge in [-0.3, -0.25) is 9.78 Å². The number of aliphatic hydroxyl groups is 1. The van der Waals surface area contributed by atoms with E-state index in [2.05, 4.69) is 15.0 Å². The molecule has 0 aliphatic heterocycles. The first-order valence-corrected chi connectivity index (χ1v) is 6.20. The van der Waals surface area contributed by atoms with Gasteiger partial charge in [0.05, 0.1) is 12.4 Å². The molecule has 0 aromatic carbocycles. The summed E-state index contributed by atoms with van der Waals surface area (Å²) in [7, 11) is 0. The van der Waals surface area contributed by atoms with E-state index in [1.165, 1.54) is 0 Å². The zero-order chi connectivity index (χ0) is 13.4. The van der Waals surface area contributed by atoms with Crippen molar-refractivity contribution in [1.82, 2.24) is 19.5 Å². The van der Waals surface area contributed by atoms with E-state index < -0.39 is 0 Å². The average molecular weight is 261 g/mol. The molecule has 2 atom stereocenters.